The van der Waals surface area contributed by atoms with Gasteiger partial charge in [-0.3, -0.25) is 4.79 Å². The Hall–Kier alpha value is -2.53. The van der Waals surface area contributed by atoms with Crippen molar-refractivity contribution >= 4 is 29.2 Å². The van der Waals surface area contributed by atoms with Crippen LogP contribution in [-0.2, 0) is 9.53 Å². The molecule has 1 atom stereocenters. The van der Waals surface area contributed by atoms with Crippen LogP contribution in [0, 0.1) is 13.8 Å². The van der Waals surface area contributed by atoms with Gasteiger partial charge in [-0.05, 0) is 61.7 Å². The Morgan fingerprint density at radius 3 is 2.54 bits per heavy atom. The molecule has 1 amide bonds. The molecule has 138 valence electrons. The van der Waals surface area contributed by atoms with E-state index in [0.717, 1.165) is 5.56 Å². The third-order valence-electron chi connectivity index (χ3n) is 4.07. The number of benzene rings is 2. The standard InChI is InChI=1S/C20H22ClNO4/c1-5-18(26-14-9-10-16(21)12(2)11-14)19(23)22-17-8-6-7-15(13(17)3)20(24)25-4/h6-11,18H,5H2,1-4H3,(H,22,23)/t18-/m0/s1. The topological polar surface area (TPSA) is 64.6 Å². The fraction of sp³-hybridized carbons (Fsp3) is 0.300. The van der Waals surface area contributed by atoms with Crippen LogP contribution in [0.3, 0.4) is 0 Å². The Kier molecular flexibility index (Phi) is 6.64. The number of ether oxygens (including phenoxy) is 2. The van der Waals surface area contributed by atoms with Crippen LogP contribution >= 0.6 is 11.6 Å². The molecule has 0 fully saturated rings. The monoisotopic (exact) mass is 375 g/mol. The van der Waals surface area contributed by atoms with Crippen molar-refractivity contribution < 1.29 is 19.1 Å². The fourth-order valence-corrected chi connectivity index (χ4v) is 2.61. The molecule has 0 spiro atoms. The lowest BCUT2D eigenvalue weighted by atomic mass is 10.1. The summed E-state index contributed by atoms with van der Waals surface area (Å²) in [5.74, 6) is -0.155. The molecule has 5 nitrogen and oxygen atoms in total. The predicted molar refractivity (Wildman–Crippen MR) is 102 cm³/mol. The van der Waals surface area contributed by atoms with E-state index in [-0.39, 0.29) is 5.91 Å². The molecule has 0 unspecified atom stereocenters. The molecular formula is C20H22ClNO4. The number of hydrogen-bond acceptors (Lipinski definition) is 4. The van der Waals surface area contributed by atoms with E-state index in [0.29, 0.717) is 34.0 Å². The van der Waals surface area contributed by atoms with Gasteiger partial charge in [0.2, 0.25) is 0 Å². The zero-order chi connectivity index (χ0) is 19.3. The van der Waals surface area contributed by atoms with Crippen molar-refractivity contribution in [3.63, 3.8) is 0 Å². The number of halogens is 1. The third-order valence-corrected chi connectivity index (χ3v) is 4.49. The summed E-state index contributed by atoms with van der Waals surface area (Å²) >= 11 is 6.02. The number of methoxy groups -OCH3 is 1. The quantitative estimate of drug-likeness (QED) is 0.753. The van der Waals surface area contributed by atoms with Gasteiger partial charge in [0.25, 0.3) is 5.91 Å². The number of rotatable bonds is 6. The third kappa shape index (κ3) is 4.55. The van der Waals surface area contributed by atoms with Crippen LogP contribution in [0.15, 0.2) is 36.4 Å². The molecule has 1 N–H and O–H groups in total. The van der Waals surface area contributed by atoms with Gasteiger partial charge in [-0.1, -0.05) is 24.6 Å². The normalized spacial score (nSPS) is 11.6. The Labute approximate surface area is 158 Å². The Morgan fingerprint density at radius 2 is 1.92 bits per heavy atom. The zero-order valence-electron chi connectivity index (χ0n) is 15.3. The molecule has 0 bridgehead atoms. The second-order valence-corrected chi connectivity index (χ2v) is 6.29. The molecule has 0 saturated heterocycles. The number of carbonyl (C=O) groups is 2. The second kappa shape index (κ2) is 8.72. The summed E-state index contributed by atoms with van der Waals surface area (Å²) in [6, 6.07) is 10.3. The van der Waals surface area contributed by atoms with Gasteiger partial charge in [0, 0.05) is 10.7 Å². The van der Waals surface area contributed by atoms with Crippen LogP contribution in [0.4, 0.5) is 5.69 Å². The van der Waals surface area contributed by atoms with Crippen LogP contribution in [0.1, 0.15) is 34.8 Å². The number of hydrogen-bond donors (Lipinski definition) is 1. The predicted octanol–water partition coefficient (Wildman–Crippen LogP) is 4.54. The Balaban J connectivity index is 2.16. The van der Waals surface area contributed by atoms with Gasteiger partial charge in [0.05, 0.1) is 12.7 Å². The summed E-state index contributed by atoms with van der Waals surface area (Å²) < 4.78 is 10.6. The van der Waals surface area contributed by atoms with Crippen LogP contribution in [0.5, 0.6) is 5.75 Å². The summed E-state index contributed by atoms with van der Waals surface area (Å²) in [5, 5.41) is 3.47. The lowest BCUT2D eigenvalue weighted by Crippen LogP contribution is -2.32. The van der Waals surface area contributed by atoms with Crippen molar-refractivity contribution in [1.29, 1.82) is 0 Å². The average Bonchev–Trinajstić information content (AvgIpc) is 2.63. The number of carbonyl (C=O) groups excluding carboxylic acids is 2. The van der Waals surface area contributed by atoms with E-state index in [2.05, 4.69) is 5.32 Å². The minimum absolute atomic E-state index is 0.287. The summed E-state index contributed by atoms with van der Waals surface area (Å²) in [4.78, 5) is 24.4. The first-order chi connectivity index (χ1) is 12.4. The van der Waals surface area contributed by atoms with E-state index in [1.165, 1.54) is 7.11 Å². The van der Waals surface area contributed by atoms with Gasteiger partial charge in [0.1, 0.15) is 5.75 Å². The number of amides is 1. The highest BCUT2D eigenvalue weighted by Gasteiger charge is 2.21. The average molecular weight is 376 g/mol. The zero-order valence-corrected chi connectivity index (χ0v) is 16.0. The van der Waals surface area contributed by atoms with E-state index >= 15 is 0 Å². The molecule has 26 heavy (non-hydrogen) atoms. The maximum absolute atomic E-state index is 12.6. The first-order valence-corrected chi connectivity index (χ1v) is 8.66. The van der Waals surface area contributed by atoms with Crippen LogP contribution in [0.2, 0.25) is 5.02 Å². The molecule has 2 aromatic rings. The van der Waals surface area contributed by atoms with Gasteiger partial charge in [-0.2, -0.15) is 0 Å². The summed E-state index contributed by atoms with van der Waals surface area (Å²) in [7, 11) is 1.32. The van der Waals surface area contributed by atoms with E-state index in [1.807, 2.05) is 13.8 Å². The van der Waals surface area contributed by atoms with Crippen LogP contribution < -0.4 is 10.1 Å². The molecule has 0 aliphatic carbocycles. The maximum Gasteiger partial charge on any atom is 0.338 e. The van der Waals surface area contributed by atoms with Gasteiger partial charge in [-0.15, -0.1) is 0 Å². The molecule has 2 rings (SSSR count). The highest BCUT2D eigenvalue weighted by atomic mass is 35.5. The molecule has 0 aliphatic heterocycles. The van der Waals surface area contributed by atoms with Crippen LogP contribution in [-0.4, -0.2) is 25.1 Å². The largest absolute Gasteiger partial charge is 0.481 e. The SMILES string of the molecule is CC[C@H](Oc1ccc(Cl)c(C)c1)C(=O)Nc1cccc(C(=O)OC)c1C. The first kappa shape index (κ1) is 19.8. The van der Waals surface area contributed by atoms with Gasteiger partial charge in [0.15, 0.2) is 6.10 Å². The van der Waals surface area contributed by atoms with E-state index < -0.39 is 12.1 Å². The summed E-state index contributed by atoms with van der Waals surface area (Å²) in [6.07, 6.45) is -0.180. The molecule has 0 radical (unpaired) electrons. The van der Waals surface area contributed by atoms with Crippen molar-refractivity contribution in [2.45, 2.75) is 33.3 Å². The number of anilines is 1. The van der Waals surface area contributed by atoms with Crippen molar-refractivity contribution in [3.05, 3.63) is 58.1 Å². The summed E-state index contributed by atoms with van der Waals surface area (Å²) in [6.45, 7) is 5.49. The number of esters is 1. The molecule has 6 heteroatoms. The Morgan fingerprint density at radius 1 is 1.19 bits per heavy atom. The highest BCUT2D eigenvalue weighted by Crippen LogP contribution is 2.24. The van der Waals surface area contributed by atoms with Gasteiger partial charge in [-0.25, -0.2) is 4.79 Å². The van der Waals surface area contributed by atoms with Crippen molar-refractivity contribution in [1.82, 2.24) is 0 Å². The molecule has 0 heterocycles. The molecular weight excluding hydrogens is 354 g/mol. The van der Waals surface area contributed by atoms with E-state index in [4.69, 9.17) is 21.1 Å². The Bertz CT molecular complexity index is 819. The van der Waals surface area contributed by atoms with Crippen molar-refractivity contribution in [2.75, 3.05) is 12.4 Å². The van der Waals surface area contributed by atoms with Crippen molar-refractivity contribution in [3.8, 4) is 5.75 Å². The fourth-order valence-electron chi connectivity index (χ4n) is 2.49. The second-order valence-electron chi connectivity index (χ2n) is 5.88. The highest BCUT2D eigenvalue weighted by molar-refractivity contribution is 6.31. The number of aryl methyl sites for hydroxylation is 1. The van der Waals surface area contributed by atoms with Gasteiger partial charge >= 0.3 is 5.97 Å². The van der Waals surface area contributed by atoms with Crippen molar-refractivity contribution in [2.24, 2.45) is 0 Å². The summed E-state index contributed by atoms with van der Waals surface area (Å²) in [5.41, 5.74) is 2.48. The minimum Gasteiger partial charge on any atom is -0.481 e. The van der Waals surface area contributed by atoms with Crippen LogP contribution in [0.25, 0.3) is 0 Å². The molecule has 0 aromatic heterocycles. The number of nitrogens with one attached hydrogen (secondary N) is 1. The van der Waals surface area contributed by atoms with E-state index in [9.17, 15) is 9.59 Å². The molecule has 0 saturated carbocycles. The lowest BCUT2D eigenvalue weighted by molar-refractivity contribution is -0.122. The molecule has 0 aliphatic rings. The molecule has 2 aromatic carbocycles. The van der Waals surface area contributed by atoms with E-state index in [1.54, 1.807) is 43.3 Å². The first-order valence-electron chi connectivity index (χ1n) is 8.29. The smallest absolute Gasteiger partial charge is 0.338 e. The lowest BCUT2D eigenvalue weighted by Gasteiger charge is -2.19. The minimum atomic E-state index is -0.670. The maximum atomic E-state index is 12.6. The van der Waals surface area contributed by atoms with Gasteiger partial charge < -0.3 is 14.8 Å².